The number of likely N-dealkylation sites (tertiary alicyclic amines) is 1. The SMILES string of the molecule is CC(C)Sc1ccc(C(=O)N2CCC(F)(C(=O)O)C2)cc1. The minimum absolute atomic E-state index is 0.129. The molecule has 4 nitrogen and oxygen atoms in total. The Morgan fingerprint density at radius 1 is 1.33 bits per heavy atom. The van der Waals surface area contributed by atoms with Crippen LogP contribution in [0.1, 0.15) is 30.6 Å². The number of aliphatic carboxylic acids is 1. The summed E-state index contributed by atoms with van der Waals surface area (Å²) < 4.78 is 14.0. The molecule has 1 aromatic carbocycles. The Balaban J connectivity index is 2.06. The highest BCUT2D eigenvalue weighted by atomic mass is 32.2. The van der Waals surface area contributed by atoms with Crippen LogP contribution in [0.4, 0.5) is 4.39 Å². The summed E-state index contributed by atoms with van der Waals surface area (Å²) >= 11 is 1.69. The van der Waals surface area contributed by atoms with E-state index in [1.807, 2.05) is 12.1 Å². The molecule has 0 saturated carbocycles. The number of hydrogen-bond donors (Lipinski definition) is 1. The first-order valence-corrected chi connectivity index (χ1v) is 7.68. The number of alkyl halides is 1. The quantitative estimate of drug-likeness (QED) is 0.869. The lowest BCUT2D eigenvalue weighted by atomic mass is 10.1. The Hall–Kier alpha value is -1.56. The molecule has 6 heteroatoms. The van der Waals surface area contributed by atoms with E-state index < -0.39 is 11.6 Å². The van der Waals surface area contributed by atoms with Crippen LogP contribution in [0.15, 0.2) is 29.2 Å². The molecule has 1 aromatic rings. The molecule has 1 heterocycles. The van der Waals surface area contributed by atoms with Gasteiger partial charge >= 0.3 is 5.97 Å². The molecule has 1 saturated heterocycles. The van der Waals surface area contributed by atoms with Crippen LogP contribution in [0.25, 0.3) is 0 Å². The van der Waals surface area contributed by atoms with E-state index in [0.717, 1.165) is 4.90 Å². The van der Waals surface area contributed by atoms with Crippen molar-refractivity contribution >= 4 is 23.6 Å². The third-order valence-corrected chi connectivity index (χ3v) is 4.38. The van der Waals surface area contributed by atoms with Crippen molar-refractivity contribution in [3.63, 3.8) is 0 Å². The zero-order valence-electron chi connectivity index (χ0n) is 12.0. The molecule has 21 heavy (non-hydrogen) atoms. The molecule has 0 aromatic heterocycles. The molecule has 0 spiro atoms. The monoisotopic (exact) mass is 311 g/mol. The highest BCUT2D eigenvalue weighted by Crippen LogP contribution is 2.28. The van der Waals surface area contributed by atoms with Gasteiger partial charge in [0.2, 0.25) is 5.67 Å². The number of carbonyl (C=O) groups excluding carboxylic acids is 1. The maximum atomic E-state index is 14.0. The van der Waals surface area contributed by atoms with Gasteiger partial charge in [0.15, 0.2) is 0 Å². The fraction of sp³-hybridized carbons (Fsp3) is 0.467. The van der Waals surface area contributed by atoms with Gasteiger partial charge < -0.3 is 10.0 Å². The summed E-state index contributed by atoms with van der Waals surface area (Å²) in [4.78, 5) is 25.4. The molecular weight excluding hydrogens is 293 g/mol. The molecule has 1 fully saturated rings. The van der Waals surface area contributed by atoms with Crippen molar-refractivity contribution in [2.45, 2.75) is 36.1 Å². The van der Waals surface area contributed by atoms with E-state index in [-0.39, 0.29) is 25.4 Å². The van der Waals surface area contributed by atoms with Crippen molar-refractivity contribution in [2.75, 3.05) is 13.1 Å². The number of carbonyl (C=O) groups is 2. The number of nitrogens with zero attached hydrogens (tertiary/aromatic N) is 1. The van der Waals surface area contributed by atoms with E-state index in [0.29, 0.717) is 10.8 Å². The minimum atomic E-state index is -2.32. The molecule has 1 unspecified atom stereocenters. The third kappa shape index (κ3) is 3.56. The molecule has 114 valence electrons. The van der Waals surface area contributed by atoms with Crippen LogP contribution in [-0.2, 0) is 4.79 Å². The van der Waals surface area contributed by atoms with Crippen LogP contribution >= 0.6 is 11.8 Å². The molecule has 1 atom stereocenters. The number of carboxylic acid groups (broad SMARTS) is 1. The number of halogens is 1. The molecule has 0 bridgehead atoms. The number of thioether (sulfide) groups is 1. The predicted molar refractivity (Wildman–Crippen MR) is 79.4 cm³/mol. The molecule has 1 amide bonds. The number of rotatable bonds is 4. The van der Waals surface area contributed by atoms with Crippen molar-refractivity contribution < 1.29 is 19.1 Å². The van der Waals surface area contributed by atoms with Gasteiger partial charge in [0.05, 0.1) is 6.54 Å². The highest BCUT2D eigenvalue weighted by molar-refractivity contribution is 7.99. The van der Waals surface area contributed by atoms with Crippen molar-refractivity contribution in [2.24, 2.45) is 0 Å². The summed E-state index contributed by atoms with van der Waals surface area (Å²) in [6, 6.07) is 7.11. The normalized spacial score (nSPS) is 21.8. The van der Waals surface area contributed by atoms with Crippen LogP contribution in [-0.4, -0.2) is 45.9 Å². The first-order valence-electron chi connectivity index (χ1n) is 6.80. The van der Waals surface area contributed by atoms with E-state index in [1.54, 1.807) is 23.9 Å². The Morgan fingerprint density at radius 2 is 1.95 bits per heavy atom. The average molecular weight is 311 g/mol. The molecule has 0 aliphatic carbocycles. The second-order valence-electron chi connectivity index (χ2n) is 5.44. The second-order valence-corrected chi connectivity index (χ2v) is 7.09. The van der Waals surface area contributed by atoms with Crippen LogP contribution in [0, 0.1) is 0 Å². The summed E-state index contributed by atoms with van der Waals surface area (Å²) in [7, 11) is 0. The highest BCUT2D eigenvalue weighted by Gasteiger charge is 2.46. The van der Waals surface area contributed by atoms with Crippen LogP contribution in [0.3, 0.4) is 0 Å². The smallest absolute Gasteiger partial charge is 0.343 e. The zero-order chi connectivity index (χ0) is 15.6. The second kappa shape index (κ2) is 6.05. The molecule has 0 radical (unpaired) electrons. The van der Waals surface area contributed by atoms with Crippen LogP contribution < -0.4 is 0 Å². The van der Waals surface area contributed by atoms with Crippen LogP contribution in [0.2, 0.25) is 0 Å². The average Bonchev–Trinajstić information content (AvgIpc) is 2.82. The summed E-state index contributed by atoms with van der Waals surface area (Å²) in [5.41, 5.74) is -1.86. The summed E-state index contributed by atoms with van der Waals surface area (Å²) in [6.07, 6.45) is -0.157. The first kappa shape index (κ1) is 15.8. The third-order valence-electron chi connectivity index (χ3n) is 3.36. The van der Waals surface area contributed by atoms with Crippen LogP contribution in [0.5, 0.6) is 0 Å². The zero-order valence-corrected chi connectivity index (χ0v) is 12.8. The van der Waals surface area contributed by atoms with Gasteiger partial charge in [0.25, 0.3) is 5.91 Å². The van der Waals surface area contributed by atoms with Gasteiger partial charge in [-0.25, -0.2) is 9.18 Å². The summed E-state index contributed by atoms with van der Waals surface area (Å²) in [5, 5.41) is 9.30. The topological polar surface area (TPSA) is 57.6 Å². The van der Waals surface area contributed by atoms with E-state index in [9.17, 15) is 14.0 Å². The first-order chi connectivity index (χ1) is 9.82. The summed E-state index contributed by atoms with van der Waals surface area (Å²) in [6.45, 7) is 3.91. The van der Waals surface area contributed by atoms with E-state index in [1.165, 1.54) is 4.90 Å². The fourth-order valence-corrected chi connectivity index (χ4v) is 3.09. The fourth-order valence-electron chi connectivity index (χ4n) is 2.25. The lowest BCUT2D eigenvalue weighted by molar-refractivity contribution is -0.149. The maximum Gasteiger partial charge on any atom is 0.343 e. The number of carboxylic acids is 1. The number of hydrogen-bond acceptors (Lipinski definition) is 3. The van der Waals surface area contributed by atoms with Gasteiger partial charge in [-0.1, -0.05) is 13.8 Å². The Kier molecular flexibility index (Phi) is 4.56. The molecule has 1 N–H and O–H groups in total. The Morgan fingerprint density at radius 3 is 2.43 bits per heavy atom. The largest absolute Gasteiger partial charge is 0.479 e. The Bertz CT molecular complexity index is 546. The van der Waals surface area contributed by atoms with Crippen molar-refractivity contribution in [1.82, 2.24) is 4.90 Å². The van der Waals surface area contributed by atoms with Crippen molar-refractivity contribution in [3.05, 3.63) is 29.8 Å². The van der Waals surface area contributed by atoms with Gasteiger partial charge in [-0.15, -0.1) is 11.8 Å². The Labute approximate surface area is 127 Å². The predicted octanol–water partition coefficient (Wildman–Crippen LogP) is 2.83. The van der Waals surface area contributed by atoms with Gasteiger partial charge in [0.1, 0.15) is 0 Å². The maximum absolute atomic E-state index is 14.0. The molecule has 1 aliphatic rings. The number of benzene rings is 1. The minimum Gasteiger partial charge on any atom is -0.479 e. The van der Waals surface area contributed by atoms with Crippen molar-refractivity contribution in [1.29, 1.82) is 0 Å². The lowest BCUT2D eigenvalue weighted by Gasteiger charge is -2.18. The lowest BCUT2D eigenvalue weighted by Crippen LogP contribution is -2.38. The standard InChI is InChI=1S/C15H18FNO3S/c1-10(2)21-12-5-3-11(4-6-12)13(18)17-8-7-15(16,9-17)14(19)20/h3-6,10H,7-9H2,1-2H3,(H,19,20). The summed E-state index contributed by atoms with van der Waals surface area (Å²) in [5.74, 6) is -1.82. The molecule has 1 aliphatic heterocycles. The van der Waals surface area contributed by atoms with Gasteiger partial charge in [-0.3, -0.25) is 4.79 Å². The van der Waals surface area contributed by atoms with E-state index >= 15 is 0 Å². The van der Waals surface area contributed by atoms with Gasteiger partial charge in [-0.2, -0.15) is 0 Å². The number of amides is 1. The van der Waals surface area contributed by atoms with Gasteiger partial charge in [-0.05, 0) is 24.3 Å². The molecular formula is C15H18FNO3S. The van der Waals surface area contributed by atoms with Crippen molar-refractivity contribution in [3.8, 4) is 0 Å². The van der Waals surface area contributed by atoms with E-state index in [2.05, 4.69) is 13.8 Å². The van der Waals surface area contributed by atoms with Gasteiger partial charge in [0, 0.05) is 28.7 Å². The van der Waals surface area contributed by atoms with E-state index in [4.69, 9.17) is 5.11 Å². The molecule has 2 rings (SSSR count).